The molecule has 34 heavy (non-hydrogen) atoms. The third-order valence-electron chi connectivity index (χ3n) is 5.45. The molecule has 3 aromatic heterocycles. The lowest BCUT2D eigenvalue weighted by molar-refractivity contribution is -0.129. The maximum Gasteiger partial charge on any atom is 0.269 e. The number of hydrogen-bond acceptors (Lipinski definition) is 9. The molecule has 2 aliphatic rings. The van der Waals surface area contributed by atoms with Crippen LogP contribution in [0, 0.1) is 5.82 Å². The second-order valence-electron chi connectivity index (χ2n) is 8.36. The Kier molecular flexibility index (Phi) is 6.00. The summed E-state index contributed by atoms with van der Waals surface area (Å²) in [6.07, 6.45) is 2.29. The van der Waals surface area contributed by atoms with E-state index in [2.05, 4.69) is 30.6 Å². The summed E-state index contributed by atoms with van der Waals surface area (Å²) in [5.41, 5.74) is -0.262. The number of amides is 1. The van der Waals surface area contributed by atoms with Gasteiger partial charge in [-0.25, -0.2) is 28.7 Å². The highest BCUT2D eigenvalue weighted by Crippen LogP contribution is 2.34. The van der Waals surface area contributed by atoms with Crippen LogP contribution in [-0.2, 0) is 4.79 Å². The van der Waals surface area contributed by atoms with Crippen LogP contribution < -0.4 is 26.4 Å². The lowest BCUT2D eigenvalue weighted by Gasteiger charge is -2.30. The molecule has 1 fully saturated rings. The lowest BCUT2D eigenvalue weighted by Crippen LogP contribution is -2.46. The molecule has 5 N–H and O–H groups in total. The van der Waals surface area contributed by atoms with Crippen LogP contribution in [0.25, 0.3) is 11.4 Å². The van der Waals surface area contributed by atoms with Gasteiger partial charge in [-0.15, -0.1) is 0 Å². The molecule has 0 aliphatic carbocycles. The van der Waals surface area contributed by atoms with Crippen LogP contribution >= 0.6 is 0 Å². The molecule has 1 saturated heterocycles. The topological polar surface area (TPSA) is 140 Å². The Hall–Kier alpha value is -3.93. The molecule has 2 aliphatic heterocycles. The summed E-state index contributed by atoms with van der Waals surface area (Å²) in [4.78, 5) is 30.9. The molecule has 0 spiro atoms. The van der Waals surface area contributed by atoms with Crippen molar-refractivity contribution in [2.24, 2.45) is 0 Å². The predicted octanol–water partition coefficient (Wildman–Crippen LogP) is 3.64. The van der Waals surface area contributed by atoms with Crippen LogP contribution in [0.1, 0.15) is 20.3 Å². The SMILES string of the molecule is CC1(C)Oc2ccc(-c3nc(Nc4ccc(N5CCC(F)C5)nc4)ncc3F)nc2NC1=O.N. The molecule has 5 heterocycles. The Morgan fingerprint density at radius 3 is 2.71 bits per heavy atom. The zero-order chi connectivity index (χ0) is 23.2. The molecule has 10 nitrogen and oxygen atoms in total. The molecule has 1 unspecified atom stereocenters. The van der Waals surface area contributed by atoms with E-state index < -0.39 is 17.6 Å². The van der Waals surface area contributed by atoms with Crippen LogP contribution in [0.3, 0.4) is 0 Å². The molecule has 1 amide bonds. The monoisotopic (exact) mass is 470 g/mol. The second kappa shape index (κ2) is 8.78. The average Bonchev–Trinajstić information content (AvgIpc) is 3.22. The fourth-order valence-corrected chi connectivity index (χ4v) is 3.64. The number of halogens is 2. The number of carbonyl (C=O) groups excluding carboxylic acids is 1. The van der Waals surface area contributed by atoms with E-state index in [0.29, 0.717) is 36.8 Å². The summed E-state index contributed by atoms with van der Waals surface area (Å²) in [7, 11) is 0. The Morgan fingerprint density at radius 1 is 1.18 bits per heavy atom. The number of pyridine rings is 2. The van der Waals surface area contributed by atoms with E-state index in [9.17, 15) is 13.6 Å². The second-order valence-corrected chi connectivity index (χ2v) is 8.36. The van der Waals surface area contributed by atoms with Gasteiger partial charge in [-0.05, 0) is 44.5 Å². The number of anilines is 4. The van der Waals surface area contributed by atoms with E-state index in [1.54, 1.807) is 44.3 Å². The summed E-state index contributed by atoms with van der Waals surface area (Å²) < 4.78 is 33.6. The molecular weight excluding hydrogens is 446 g/mol. The van der Waals surface area contributed by atoms with Gasteiger partial charge in [0.1, 0.15) is 17.7 Å². The van der Waals surface area contributed by atoms with E-state index in [4.69, 9.17) is 4.74 Å². The van der Waals surface area contributed by atoms with Gasteiger partial charge in [-0.1, -0.05) is 0 Å². The first-order valence-corrected chi connectivity index (χ1v) is 10.4. The van der Waals surface area contributed by atoms with Gasteiger partial charge in [0.25, 0.3) is 5.91 Å². The lowest BCUT2D eigenvalue weighted by atomic mass is 10.1. The van der Waals surface area contributed by atoms with E-state index in [1.165, 1.54) is 0 Å². The van der Waals surface area contributed by atoms with Crippen LogP contribution in [0.5, 0.6) is 5.75 Å². The molecule has 0 aromatic carbocycles. The number of carbonyl (C=O) groups is 1. The van der Waals surface area contributed by atoms with Crippen molar-refractivity contribution in [2.75, 3.05) is 28.6 Å². The van der Waals surface area contributed by atoms with Crippen molar-refractivity contribution in [1.82, 2.24) is 26.1 Å². The number of alkyl halides is 1. The summed E-state index contributed by atoms with van der Waals surface area (Å²) in [6.45, 7) is 4.25. The predicted molar refractivity (Wildman–Crippen MR) is 123 cm³/mol. The van der Waals surface area contributed by atoms with Crippen molar-refractivity contribution < 1.29 is 18.3 Å². The van der Waals surface area contributed by atoms with Crippen LogP contribution in [0.15, 0.2) is 36.7 Å². The van der Waals surface area contributed by atoms with Crippen molar-refractivity contribution in [3.05, 3.63) is 42.5 Å². The number of aromatic nitrogens is 4. The van der Waals surface area contributed by atoms with Gasteiger partial charge >= 0.3 is 0 Å². The largest absolute Gasteiger partial charge is 0.474 e. The number of rotatable bonds is 4. The molecule has 0 radical (unpaired) electrons. The zero-order valence-electron chi connectivity index (χ0n) is 18.7. The minimum absolute atomic E-state index is 0. The van der Waals surface area contributed by atoms with E-state index in [0.717, 1.165) is 6.20 Å². The van der Waals surface area contributed by atoms with Crippen molar-refractivity contribution >= 4 is 29.2 Å². The van der Waals surface area contributed by atoms with Gasteiger partial charge in [0.2, 0.25) is 5.95 Å². The third-order valence-corrected chi connectivity index (χ3v) is 5.45. The third kappa shape index (κ3) is 4.44. The summed E-state index contributed by atoms with van der Waals surface area (Å²) >= 11 is 0. The van der Waals surface area contributed by atoms with Crippen molar-refractivity contribution in [2.45, 2.75) is 32.0 Å². The minimum atomic E-state index is -1.03. The normalized spacial score (nSPS) is 18.4. The maximum atomic E-state index is 14.5. The molecular formula is C22H24F2N8O2. The molecule has 5 rings (SSSR count). The maximum absolute atomic E-state index is 14.5. The Labute approximate surface area is 194 Å². The van der Waals surface area contributed by atoms with Crippen molar-refractivity contribution in [1.29, 1.82) is 0 Å². The summed E-state index contributed by atoms with van der Waals surface area (Å²) in [5, 5.41) is 5.65. The highest BCUT2D eigenvalue weighted by Gasteiger charge is 2.36. The average molecular weight is 470 g/mol. The molecule has 3 aromatic rings. The highest BCUT2D eigenvalue weighted by molar-refractivity contribution is 5.99. The number of nitrogens with zero attached hydrogens (tertiary/aromatic N) is 5. The standard InChI is InChI=1S/C22H21F2N7O2.H3N/c1-22(2)20(32)30-19-16(33-22)5-4-15(28-19)18-14(24)10-26-21(29-18)27-13-3-6-17(25-9-13)31-8-7-12(23)11-31;/h3-6,9-10,12H,7-8,11H2,1-2H3,(H,26,27,29)(H,28,30,32);1H3. The minimum Gasteiger partial charge on any atom is -0.474 e. The van der Waals surface area contributed by atoms with Crippen molar-refractivity contribution in [3.63, 3.8) is 0 Å². The fourth-order valence-electron chi connectivity index (χ4n) is 3.64. The van der Waals surface area contributed by atoms with Crippen LogP contribution in [-0.4, -0.2) is 50.7 Å². The highest BCUT2D eigenvalue weighted by atomic mass is 19.1. The fraction of sp³-hybridized carbons (Fsp3) is 0.318. The molecule has 178 valence electrons. The number of ether oxygens (including phenoxy) is 1. The smallest absolute Gasteiger partial charge is 0.269 e. The van der Waals surface area contributed by atoms with Gasteiger partial charge in [0.15, 0.2) is 23.0 Å². The van der Waals surface area contributed by atoms with Gasteiger partial charge in [0.05, 0.1) is 30.3 Å². The number of hydrogen-bond donors (Lipinski definition) is 3. The molecule has 0 bridgehead atoms. The first-order chi connectivity index (χ1) is 15.8. The van der Waals surface area contributed by atoms with E-state index >= 15 is 0 Å². The number of nitrogens with one attached hydrogen (secondary N) is 2. The first kappa shape index (κ1) is 23.2. The quantitative estimate of drug-likeness (QED) is 0.521. The Balaban J connectivity index is 0.00000274. The molecule has 0 saturated carbocycles. The van der Waals surface area contributed by atoms with E-state index in [-0.39, 0.29) is 35.2 Å². The molecule has 12 heteroatoms. The summed E-state index contributed by atoms with van der Waals surface area (Å²) in [5.74, 6) is 0.400. The van der Waals surface area contributed by atoms with Gasteiger partial charge in [-0.3, -0.25) is 4.79 Å². The van der Waals surface area contributed by atoms with Gasteiger partial charge in [-0.2, -0.15) is 0 Å². The van der Waals surface area contributed by atoms with Gasteiger partial charge < -0.3 is 26.4 Å². The Bertz CT molecular complexity index is 1220. The summed E-state index contributed by atoms with van der Waals surface area (Å²) in [6, 6.07) is 6.72. The van der Waals surface area contributed by atoms with Gasteiger partial charge in [0, 0.05) is 6.54 Å². The van der Waals surface area contributed by atoms with Crippen LogP contribution in [0.2, 0.25) is 0 Å². The first-order valence-electron chi connectivity index (χ1n) is 10.4. The van der Waals surface area contributed by atoms with Crippen molar-refractivity contribution in [3.8, 4) is 17.1 Å². The van der Waals surface area contributed by atoms with E-state index in [1.807, 2.05) is 4.90 Å². The molecule has 1 atom stereocenters. The Morgan fingerprint density at radius 2 is 2.00 bits per heavy atom. The number of fused-ring (bicyclic) bond motifs is 1. The zero-order valence-corrected chi connectivity index (χ0v) is 18.7. The van der Waals surface area contributed by atoms with Crippen LogP contribution in [0.4, 0.5) is 32.1 Å².